The number of carbonyl (C=O) groups excluding carboxylic acids is 1. The number of benzene rings is 1. The number of nitrogens with zero attached hydrogens (tertiary/aromatic N) is 1. The van der Waals surface area contributed by atoms with Crippen molar-refractivity contribution in [1.29, 1.82) is 0 Å². The second kappa shape index (κ2) is 7.70. The molecule has 2 aromatic rings. The van der Waals surface area contributed by atoms with Gasteiger partial charge in [-0.3, -0.25) is 4.79 Å². The number of piperidine rings is 1. The highest BCUT2D eigenvalue weighted by Gasteiger charge is 2.38. The molecule has 2 heterocycles. The molecule has 1 aromatic heterocycles. The molecule has 0 spiro atoms. The Kier molecular flexibility index (Phi) is 5.71. The summed E-state index contributed by atoms with van der Waals surface area (Å²) >= 11 is 1.11. The number of rotatable bonds is 5. The van der Waals surface area contributed by atoms with Crippen LogP contribution in [-0.4, -0.2) is 45.9 Å². The molecule has 1 aliphatic heterocycles. The fraction of sp³-hybridized carbons (Fsp3) is 0.353. The number of carbonyl (C=O) groups is 1. The van der Waals surface area contributed by atoms with E-state index in [1.807, 2.05) is 0 Å². The highest BCUT2D eigenvalue weighted by atomic mass is 32.2. The zero-order chi connectivity index (χ0) is 19.7. The van der Waals surface area contributed by atoms with Gasteiger partial charge in [-0.25, -0.2) is 16.8 Å². The summed E-state index contributed by atoms with van der Waals surface area (Å²) < 4.78 is 51.1. The third-order valence-corrected chi connectivity index (χ3v) is 8.79. The molecular formula is C17H20N2O5S3. The Labute approximate surface area is 163 Å². The lowest BCUT2D eigenvalue weighted by molar-refractivity contribution is -0.120. The molecule has 1 N–H and O–H groups in total. The number of hydrogen-bond donors (Lipinski definition) is 1. The molecule has 1 amide bonds. The number of hydrogen-bond acceptors (Lipinski definition) is 6. The van der Waals surface area contributed by atoms with Crippen molar-refractivity contribution in [3.8, 4) is 0 Å². The minimum Gasteiger partial charge on any atom is -0.324 e. The minimum absolute atomic E-state index is 0.00169. The molecule has 1 atom stereocenters. The summed E-state index contributed by atoms with van der Waals surface area (Å²) in [6, 6.07) is 8.38. The zero-order valence-corrected chi connectivity index (χ0v) is 17.1. The summed E-state index contributed by atoms with van der Waals surface area (Å²) in [5, 5.41) is 4.29. The van der Waals surface area contributed by atoms with Gasteiger partial charge in [0, 0.05) is 12.8 Å². The van der Waals surface area contributed by atoms with E-state index in [9.17, 15) is 21.6 Å². The average molecular weight is 429 g/mol. The van der Waals surface area contributed by atoms with Crippen LogP contribution in [0.4, 0.5) is 5.69 Å². The Morgan fingerprint density at radius 1 is 1.11 bits per heavy atom. The van der Waals surface area contributed by atoms with E-state index in [2.05, 4.69) is 5.32 Å². The molecule has 0 bridgehead atoms. The summed E-state index contributed by atoms with van der Waals surface area (Å²) in [4.78, 5) is 12.9. The van der Waals surface area contributed by atoms with Crippen LogP contribution in [-0.2, 0) is 24.7 Å². The molecule has 0 saturated carbocycles. The van der Waals surface area contributed by atoms with Crippen LogP contribution in [0.15, 0.2) is 50.9 Å². The Balaban J connectivity index is 1.90. The molecule has 0 aliphatic carbocycles. The van der Waals surface area contributed by atoms with Crippen molar-refractivity contribution in [2.45, 2.75) is 34.4 Å². The van der Waals surface area contributed by atoms with Gasteiger partial charge in [0.1, 0.15) is 10.3 Å². The summed E-state index contributed by atoms with van der Waals surface area (Å²) in [7, 11) is -7.30. The third-order valence-electron chi connectivity index (χ3n) is 4.36. The quantitative estimate of drug-likeness (QED) is 0.788. The van der Waals surface area contributed by atoms with Gasteiger partial charge in [-0.1, -0.05) is 24.6 Å². The lowest BCUT2D eigenvalue weighted by Crippen LogP contribution is -2.49. The van der Waals surface area contributed by atoms with E-state index in [0.29, 0.717) is 12.8 Å². The maximum absolute atomic E-state index is 12.9. The predicted octanol–water partition coefficient (Wildman–Crippen LogP) is 2.33. The first-order valence-corrected chi connectivity index (χ1v) is 12.6. The van der Waals surface area contributed by atoms with Crippen LogP contribution < -0.4 is 5.32 Å². The van der Waals surface area contributed by atoms with Crippen LogP contribution in [0.1, 0.15) is 19.3 Å². The summed E-state index contributed by atoms with van der Waals surface area (Å²) in [6.45, 7) is 0.256. The molecule has 1 aromatic carbocycles. The van der Waals surface area contributed by atoms with E-state index in [-0.39, 0.29) is 21.3 Å². The SMILES string of the molecule is CS(=O)(=O)c1ccccc1NC(=O)C1CCCCN1S(=O)(=O)c1cccs1. The van der Waals surface area contributed by atoms with E-state index in [1.54, 1.807) is 23.6 Å². The number of para-hydroxylation sites is 1. The number of sulfonamides is 1. The predicted molar refractivity (Wildman–Crippen MR) is 104 cm³/mol. The topological polar surface area (TPSA) is 101 Å². The van der Waals surface area contributed by atoms with Gasteiger partial charge in [0.05, 0.1) is 10.6 Å². The lowest BCUT2D eigenvalue weighted by atomic mass is 10.0. The maximum Gasteiger partial charge on any atom is 0.253 e. The van der Waals surface area contributed by atoms with Gasteiger partial charge in [-0.2, -0.15) is 4.31 Å². The summed E-state index contributed by atoms with van der Waals surface area (Å²) in [6.07, 6.45) is 2.85. The highest BCUT2D eigenvalue weighted by Crippen LogP contribution is 2.29. The molecule has 3 rings (SSSR count). The number of anilines is 1. The molecular weight excluding hydrogens is 408 g/mol. The van der Waals surface area contributed by atoms with Crippen molar-refractivity contribution >= 4 is 42.8 Å². The molecule has 146 valence electrons. The second-order valence-corrected chi connectivity index (χ2v) is 11.4. The third kappa shape index (κ3) is 4.23. The van der Waals surface area contributed by atoms with Gasteiger partial charge < -0.3 is 5.32 Å². The van der Waals surface area contributed by atoms with Crippen molar-refractivity contribution in [1.82, 2.24) is 4.31 Å². The van der Waals surface area contributed by atoms with E-state index in [4.69, 9.17) is 0 Å². The van der Waals surface area contributed by atoms with Crippen molar-refractivity contribution < 1.29 is 21.6 Å². The largest absolute Gasteiger partial charge is 0.324 e. The summed E-state index contributed by atoms with van der Waals surface area (Å²) in [5.74, 6) is -0.522. The number of amides is 1. The molecule has 7 nitrogen and oxygen atoms in total. The van der Waals surface area contributed by atoms with Gasteiger partial charge in [0.15, 0.2) is 9.84 Å². The van der Waals surface area contributed by atoms with E-state index >= 15 is 0 Å². The average Bonchev–Trinajstić information content (AvgIpc) is 3.17. The van der Waals surface area contributed by atoms with Gasteiger partial charge >= 0.3 is 0 Å². The Morgan fingerprint density at radius 2 is 1.85 bits per heavy atom. The van der Waals surface area contributed by atoms with E-state index in [0.717, 1.165) is 24.0 Å². The van der Waals surface area contributed by atoms with Gasteiger partial charge in [-0.15, -0.1) is 11.3 Å². The monoisotopic (exact) mass is 428 g/mol. The number of nitrogens with one attached hydrogen (secondary N) is 1. The first-order valence-electron chi connectivity index (χ1n) is 8.36. The lowest BCUT2D eigenvalue weighted by Gasteiger charge is -2.33. The number of thiophene rings is 1. The van der Waals surface area contributed by atoms with Crippen LogP contribution >= 0.6 is 11.3 Å². The van der Waals surface area contributed by atoms with Crippen LogP contribution in [0.2, 0.25) is 0 Å². The van der Waals surface area contributed by atoms with Gasteiger partial charge in [-0.05, 0) is 36.4 Å². The molecule has 10 heteroatoms. The fourth-order valence-corrected chi connectivity index (χ4v) is 6.71. The minimum atomic E-state index is -3.77. The van der Waals surface area contributed by atoms with Gasteiger partial charge in [0.2, 0.25) is 5.91 Å². The molecule has 0 radical (unpaired) electrons. The smallest absolute Gasteiger partial charge is 0.253 e. The normalized spacial score (nSPS) is 18.9. The standard InChI is InChI=1S/C17H20N2O5S3/c1-26(21,22)15-9-3-2-7-13(15)18-17(20)14-8-4-5-11-19(14)27(23,24)16-10-6-12-25-16/h2-3,6-7,9-10,12,14H,4-5,8,11H2,1H3,(H,18,20). The molecule has 1 fully saturated rings. The Hall–Kier alpha value is -1.75. The molecule has 1 aliphatic rings. The first kappa shape index (κ1) is 20.0. The van der Waals surface area contributed by atoms with E-state index in [1.165, 1.54) is 22.5 Å². The Bertz CT molecular complexity index is 1030. The Morgan fingerprint density at radius 3 is 2.52 bits per heavy atom. The van der Waals surface area contributed by atoms with E-state index < -0.39 is 31.8 Å². The van der Waals surface area contributed by atoms with Crippen molar-refractivity contribution in [3.63, 3.8) is 0 Å². The molecule has 27 heavy (non-hydrogen) atoms. The second-order valence-electron chi connectivity index (χ2n) is 6.32. The van der Waals surface area contributed by atoms with Crippen molar-refractivity contribution in [3.05, 3.63) is 41.8 Å². The summed E-state index contributed by atoms with van der Waals surface area (Å²) in [5.41, 5.74) is 0.157. The van der Waals surface area contributed by atoms with Crippen LogP contribution in [0.3, 0.4) is 0 Å². The van der Waals surface area contributed by atoms with Gasteiger partial charge in [0.25, 0.3) is 10.0 Å². The molecule has 1 saturated heterocycles. The molecule has 1 unspecified atom stereocenters. The van der Waals surface area contributed by atoms with Crippen molar-refractivity contribution in [2.75, 3.05) is 18.1 Å². The fourth-order valence-electron chi connectivity index (χ4n) is 3.09. The van der Waals surface area contributed by atoms with Crippen molar-refractivity contribution in [2.24, 2.45) is 0 Å². The van der Waals surface area contributed by atoms with Crippen LogP contribution in [0.25, 0.3) is 0 Å². The highest BCUT2D eigenvalue weighted by molar-refractivity contribution is 7.91. The number of sulfone groups is 1. The van der Waals surface area contributed by atoms with Crippen LogP contribution in [0, 0.1) is 0 Å². The zero-order valence-electron chi connectivity index (χ0n) is 14.7. The van der Waals surface area contributed by atoms with Crippen LogP contribution in [0.5, 0.6) is 0 Å². The first-order chi connectivity index (χ1) is 12.7. The maximum atomic E-state index is 12.9.